The normalized spacial score (nSPS) is 15.1. The number of carbonyl (C=O) groups is 1. The van der Waals surface area contributed by atoms with Crippen molar-refractivity contribution in [2.24, 2.45) is 0 Å². The fourth-order valence-corrected chi connectivity index (χ4v) is 4.32. The Bertz CT molecular complexity index is 894. The molecule has 0 aromatic carbocycles. The molecule has 7 nitrogen and oxygen atoms in total. The summed E-state index contributed by atoms with van der Waals surface area (Å²) in [5.41, 5.74) is 0. The molecule has 3 aromatic heterocycles. The van der Waals surface area contributed by atoms with Gasteiger partial charge in [-0.2, -0.15) is 0 Å². The molecular weight excluding hydrogens is 366 g/mol. The second-order valence-corrected chi connectivity index (χ2v) is 7.43. The smallest absolute Gasteiger partial charge is 0.373 e. The van der Waals surface area contributed by atoms with Crippen molar-refractivity contribution < 1.29 is 18.4 Å². The van der Waals surface area contributed by atoms with Gasteiger partial charge in [0, 0.05) is 6.04 Å². The summed E-state index contributed by atoms with van der Waals surface area (Å²) >= 11 is 1.55. The quantitative estimate of drug-likeness (QED) is 0.447. The molecular formula is C19H21N3O4S. The molecule has 0 bridgehead atoms. The minimum atomic E-state index is -0.475. The van der Waals surface area contributed by atoms with Crippen molar-refractivity contribution in [3.8, 4) is 11.6 Å². The standard InChI is InChI=1S/C19H21N3O4S/c1-24-18(23)16-10-9-14(26-16)12-27-19-21-20-17(15-8-5-11-25-15)22(19)13-6-3-2-4-7-13/h5,8-11,13H,2-4,6-7,12H2,1H3. The number of hydrogen-bond donors (Lipinski definition) is 0. The van der Waals surface area contributed by atoms with Crippen LogP contribution in [0.25, 0.3) is 11.6 Å². The predicted molar refractivity (Wildman–Crippen MR) is 99.5 cm³/mol. The van der Waals surface area contributed by atoms with Gasteiger partial charge in [-0.1, -0.05) is 31.0 Å². The van der Waals surface area contributed by atoms with Gasteiger partial charge in [0.2, 0.25) is 11.6 Å². The molecule has 1 saturated carbocycles. The lowest BCUT2D eigenvalue weighted by atomic mass is 9.95. The Hall–Kier alpha value is -2.48. The van der Waals surface area contributed by atoms with Gasteiger partial charge < -0.3 is 13.6 Å². The Morgan fingerprint density at radius 3 is 2.85 bits per heavy atom. The number of hydrogen-bond acceptors (Lipinski definition) is 7. The Kier molecular flexibility index (Phi) is 5.33. The van der Waals surface area contributed by atoms with E-state index >= 15 is 0 Å². The van der Waals surface area contributed by atoms with Gasteiger partial charge >= 0.3 is 5.97 Å². The first-order chi connectivity index (χ1) is 13.3. The van der Waals surface area contributed by atoms with Gasteiger partial charge in [-0.3, -0.25) is 4.57 Å². The maximum Gasteiger partial charge on any atom is 0.373 e. The van der Waals surface area contributed by atoms with E-state index in [-0.39, 0.29) is 5.76 Å². The Morgan fingerprint density at radius 1 is 1.26 bits per heavy atom. The van der Waals surface area contributed by atoms with Crippen LogP contribution in [0.4, 0.5) is 0 Å². The van der Waals surface area contributed by atoms with Crippen LogP contribution in [0, 0.1) is 0 Å². The van der Waals surface area contributed by atoms with Crippen LogP contribution in [-0.4, -0.2) is 27.8 Å². The molecule has 1 fully saturated rings. The van der Waals surface area contributed by atoms with Crippen LogP contribution in [0.3, 0.4) is 0 Å². The zero-order chi connectivity index (χ0) is 18.6. The molecule has 1 aliphatic carbocycles. The van der Waals surface area contributed by atoms with Crippen molar-refractivity contribution in [3.63, 3.8) is 0 Å². The summed E-state index contributed by atoms with van der Waals surface area (Å²) in [5, 5.41) is 9.63. The first kappa shape index (κ1) is 17.9. The number of thioether (sulfide) groups is 1. The molecule has 0 atom stereocenters. The number of methoxy groups -OCH3 is 1. The zero-order valence-corrected chi connectivity index (χ0v) is 15.9. The maximum absolute atomic E-state index is 11.5. The monoisotopic (exact) mass is 387 g/mol. The van der Waals surface area contributed by atoms with Crippen LogP contribution in [0.2, 0.25) is 0 Å². The molecule has 3 heterocycles. The lowest BCUT2D eigenvalue weighted by molar-refractivity contribution is 0.0563. The minimum absolute atomic E-state index is 0.207. The molecule has 8 heteroatoms. The largest absolute Gasteiger partial charge is 0.463 e. The molecule has 0 unspecified atom stereocenters. The van der Waals surface area contributed by atoms with Gasteiger partial charge in [0.05, 0.1) is 19.1 Å². The van der Waals surface area contributed by atoms with E-state index in [4.69, 9.17) is 8.83 Å². The fourth-order valence-electron chi connectivity index (χ4n) is 3.42. The number of carbonyl (C=O) groups excluding carboxylic acids is 1. The summed E-state index contributed by atoms with van der Waals surface area (Å²) in [6.45, 7) is 0. The van der Waals surface area contributed by atoms with Crippen LogP contribution < -0.4 is 0 Å². The number of aromatic nitrogens is 3. The molecule has 27 heavy (non-hydrogen) atoms. The topological polar surface area (TPSA) is 83.3 Å². The number of nitrogens with zero attached hydrogens (tertiary/aromatic N) is 3. The SMILES string of the molecule is COC(=O)c1ccc(CSc2nnc(-c3ccco3)n2C2CCCCC2)o1. The lowest BCUT2D eigenvalue weighted by Gasteiger charge is -2.25. The summed E-state index contributed by atoms with van der Waals surface area (Å²) in [6, 6.07) is 7.56. The summed E-state index contributed by atoms with van der Waals surface area (Å²) in [7, 11) is 1.34. The predicted octanol–water partition coefficient (Wildman–Crippen LogP) is 4.72. The third-order valence-corrected chi connectivity index (χ3v) is 5.70. The number of esters is 1. The van der Waals surface area contributed by atoms with Crippen molar-refractivity contribution in [3.05, 3.63) is 42.0 Å². The van der Waals surface area contributed by atoms with E-state index in [1.807, 2.05) is 12.1 Å². The summed E-state index contributed by atoms with van der Waals surface area (Å²) < 4.78 is 18.0. The van der Waals surface area contributed by atoms with Crippen LogP contribution in [-0.2, 0) is 10.5 Å². The third kappa shape index (κ3) is 3.80. The van der Waals surface area contributed by atoms with Gasteiger partial charge in [0.1, 0.15) is 5.76 Å². The fraction of sp³-hybridized carbons (Fsp3) is 0.421. The molecule has 0 saturated heterocycles. The molecule has 1 aliphatic rings. The highest BCUT2D eigenvalue weighted by Crippen LogP contribution is 2.36. The highest BCUT2D eigenvalue weighted by atomic mass is 32.2. The average molecular weight is 387 g/mol. The van der Waals surface area contributed by atoms with Crippen molar-refractivity contribution in [2.75, 3.05) is 7.11 Å². The Morgan fingerprint density at radius 2 is 2.11 bits per heavy atom. The van der Waals surface area contributed by atoms with Crippen LogP contribution in [0.1, 0.15) is 54.5 Å². The van der Waals surface area contributed by atoms with Crippen LogP contribution >= 0.6 is 11.8 Å². The van der Waals surface area contributed by atoms with Gasteiger partial charge in [0.25, 0.3) is 0 Å². The zero-order valence-electron chi connectivity index (χ0n) is 15.1. The molecule has 0 spiro atoms. The first-order valence-electron chi connectivity index (χ1n) is 9.05. The lowest BCUT2D eigenvalue weighted by Crippen LogP contribution is -2.15. The number of furan rings is 2. The van der Waals surface area contributed by atoms with E-state index in [1.54, 1.807) is 30.2 Å². The van der Waals surface area contributed by atoms with E-state index < -0.39 is 5.97 Å². The Labute approximate surface area is 161 Å². The van der Waals surface area contributed by atoms with Crippen molar-refractivity contribution in [1.29, 1.82) is 0 Å². The molecule has 0 amide bonds. The summed E-state index contributed by atoms with van der Waals surface area (Å²) in [4.78, 5) is 11.5. The second kappa shape index (κ2) is 8.04. The van der Waals surface area contributed by atoms with Gasteiger partial charge in [-0.05, 0) is 37.1 Å². The van der Waals surface area contributed by atoms with E-state index in [0.717, 1.165) is 29.6 Å². The first-order valence-corrected chi connectivity index (χ1v) is 10.0. The number of ether oxygens (including phenoxy) is 1. The summed E-state index contributed by atoms with van der Waals surface area (Å²) in [5.74, 6) is 2.47. The third-order valence-electron chi connectivity index (χ3n) is 4.74. The van der Waals surface area contributed by atoms with Crippen LogP contribution in [0.5, 0.6) is 0 Å². The second-order valence-electron chi connectivity index (χ2n) is 6.49. The Balaban J connectivity index is 1.56. The molecule has 3 aromatic rings. The molecule has 0 N–H and O–H groups in total. The van der Waals surface area contributed by atoms with Crippen molar-refractivity contribution in [2.45, 2.75) is 49.1 Å². The number of rotatable bonds is 6. The van der Waals surface area contributed by atoms with E-state index in [1.165, 1.54) is 26.4 Å². The van der Waals surface area contributed by atoms with E-state index in [2.05, 4.69) is 19.5 Å². The van der Waals surface area contributed by atoms with E-state index in [0.29, 0.717) is 17.6 Å². The highest BCUT2D eigenvalue weighted by Gasteiger charge is 2.25. The van der Waals surface area contributed by atoms with E-state index in [9.17, 15) is 4.79 Å². The van der Waals surface area contributed by atoms with Crippen molar-refractivity contribution in [1.82, 2.24) is 14.8 Å². The minimum Gasteiger partial charge on any atom is -0.463 e. The molecule has 0 aliphatic heterocycles. The van der Waals surface area contributed by atoms with Crippen LogP contribution in [0.15, 0.2) is 44.5 Å². The molecule has 142 valence electrons. The van der Waals surface area contributed by atoms with Gasteiger partial charge in [0.15, 0.2) is 10.9 Å². The highest BCUT2D eigenvalue weighted by molar-refractivity contribution is 7.98. The average Bonchev–Trinajstić information content (AvgIpc) is 3.46. The van der Waals surface area contributed by atoms with Crippen molar-refractivity contribution >= 4 is 17.7 Å². The maximum atomic E-state index is 11.5. The van der Waals surface area contributed by atoms with Gasteiger partial charge in [-0.15, -0.1) is 10.2 Å². The van der Waals surface area contributed by atoms with Gasteiger partial charge in [-0.25, -0.2) is 4.79 Å². The summed E-state index contributed by atoms with van der Waals surface area (Å²) in [6.07, 6.45) is 7.59. The molecule has 4 rings (SSSR count). The molecule has 0 radical (unpaired) electrons.